The Morgan fingerprint density at radius 1 is 0.282 bits per heavy atom. The Labute approximate surface area is 412 Å². The Hall–Kier alpha value is -9.24. The second kappa shape index (κ2) is 16.5. The zero-order valence-corrected chi connectivity index (χ0v) is 38.8. The molecule has 2 nitrogen and oxygen atoms in total. The van der Waals surface area contributed by atoms with Gasteiger partial charge in [-0.2, -0.15) is 0 Å². The Morgan fingerprint density at radius 2 is 0.775 bits per heavy atom. The number of aromatic nitrogens is 2. The van der Waals surface area contributed by atoms with E-state index in [-0.39, 0.29) is 0 Å². The van der Waals surface area contributed by atoms with Crippen molar-refractivity contribution in [2.24, 2.45) is 0 Å². The van der Waals surface area contributed by atoms with E-state index in [1.807, 2.05) is 0 Å². The summed E-state index contributed by atoms with van der Waals surface area (Å²) in [5.74, 6) is 0.685. The van der Waals surface area contributed by atoms with Crippen LogP contribution in [0.2, 0.25) is 0 Å². The van der Waals surface area contributed by atoms with E-state index in [2.05, 4.69) is 267 Å². The van der Waals surface area contributed by atoms with Gasteiger partial charge in [0.25, 0.3) is 0 Å². The molecule has 71 heavy (non-hydrogen) atoms. The molecule has 0 atom stereocenters. The summed E-state index contributed by atoms with van der Waals surface area (Å²) in [5.41, 5.74) is 16.5. The molecule has 2 heteroatoms. The van der Waals surface area contributed by atoms with Crippen LogP contribution in [0.3, 0.4) is 0 Å². The lowest BCUT2D eigenvalue weighted by atomic mass is 9.66. The first-order chi connectivity index (χ1) is 35.3. The van der Waals surface area contributed by atoms with Crippen molar-refractivity contribution >= 4 is 43.1 Å². The first-order valence-electron chi connectivity index (χ1n) is 24.5. The molecule has 0 N–H and O–H groups in total. The van der Waals surface area contributed by atoms with Gasteiger partial charge in [-0.3, -0.25) is 0 Å². The standard InChI is InChI=1S/C69H44N2/c1-5-23-46(24-6-1)64-55-35-17-18-36-56(55)65(60-41-40-45-22-13-14-31-50(45)66(60)64)57-43-42-54(51-32-15-16-33-52(51)57)62-44-63(71-68(70-62)47-25-7-2-8-26-47)59-38-21-37-58-53-34-19-20-39-61(53)69(67(58)59,48-27-9-3-10-28-48)49-29-11-4-12-30-49/h1-44H. The minimum Gasteiger partial charge on any atom is -0.228 e. The summed E-state index contributed by atoms with van der Waals surface area (Å²) in [6.07, 6.45) is 0. The lowest BCUT2D eigenvalue weighted by Gasteiger charge is -2.35. The van der Waals surface area contributed by atoms with E-state index in [0.717, 1.165) is 33.5 Å². The van der Waals surface area contributed by atoms with Crippen molar-refractivity contribution in [1.29, 1.82) is 0 Å². The van der Waals surface area contributed by atoms with Crippen LogP contribution in [0.25, 0.3) is 110 Å². The zero-order chi connectivity index (χ0) is 46.9. The number of benzene rings is 12. The predicted molar refractivity (Wildman–Crippen MR) is 297 cm³/mol. The van der Waals surface area contributed by atoms with E-state index in [4.69, 9.17) is 9.97 Å². The highest BCUT2D eigenvalue weighted by atomic mass is 14.9. The maximum absolute atomic E-state index is 5.55. The smallest absolute Gasteiger partial charge is 0.160 e. The van der Waals surface area contributed by atoms with Crippen LogP contribution in [0, 0.1) is 0 Å². The lowest BCUT2D eigenvalue weighted by Crippen LogP contribution is -2.29. The van der Waals surface area contributed by atoms with Crippen LogP contribution in [-0.2, 0) is 5.41 Å². The van der Waals surface area contributed by atoms with E-state index in [1.165, 1.54) is 93.3 Å². The van der Waals surface area contributed by atoms with Crippen molar-refractivity contribution in [2.45, 2.75) is 5.41 Å². The van der Waals surface area contributed by atoms with E-state index in [1.54, 1.807) is 0 Å². The van der Waals surface area contributed by atoms with Gasteiger partial charge in [-0.25, -0.2) is 9.97 Å². The van der Waals surface area contributed by atoms with Crippen LogP contribution in [-0.4, -0.2) is 9.97 Å². The summed E-state index contributed by atoms with van der Waals surface area (Å²) in [6, 6.07) is 97.3. The molecule has 1 aliphatic rings. The van der Waals surface area contributed by atoms with E-state index < -0.39 is 5.41 Å². The molecular formula is C69H44N2. The average molecular weight is 901 g/mol. The lowest BCUT2D eigenvalue weighted by molar-refractivity contribution is 0.769. The zero-order valence-electron chi connectivity index (χ0n) is 38.8. The van der Waals surface area contributed by atoms with Gasteiger partial charge in [0.05, 0.1) is 16.8 Å². The highest BCUT2D eigenvalue weighted by Crippen LogP contribution is 2.59. The molecule has 1 heterocycles. The molecule has 13 aromatic rings. The van der Waals surface area contributed by atoms with Crippen molar-refractivity contribution in [3.63, 3.8) is 0 Å². The fourth-order valence-electron chi connectivity index (χ4n) is 12.0. The van der Waals surface area contributed by atoms with Crippen LogP contribution in [0.15, 0.2) is 267 Å². The fourth-order valence-corrected chi connectivity index (χ4v) is 12.0. The molecule has 0 spiro atoms. The van der Waals surface area contributed by atoms with Crippen LogP contribution in [0.1, 0.15) is 22.3 Å². The molecule has 0 fully saturated rings. The molecule has 0 saturated carbocycles. The van der Waals surface area contributed by atoms with Gasteiger partial charge in [0.2, 0.25) is 0 Å². The summed E-state index contributed by atoms with van der Waals surface area (Å²) >= 11 is 0. The van der Waals surface area contributed by atoms with E-state index in [0.29, 0.717) is 5.82 Å². The number of fused-ring (bicyclic) bond motifs is 8. The van der Waals surface area contributed by atoms with Crippen molar-refractivity contribution in [2.75, 3.05) is 0 Å². The molecule has 0 saturated heterocycles. The van der Waals surface area contributed by atoms with Crippen molar-refractivity contribution in [3.8, 4) is 67.3 Å². The quantitative estimate of drug-likeness (QED) is 0.118. The Balaban J connectivity index is 1.04. The second-order valence-electron chi connectivity index (χ2n) is 18.7. The third kappa shape index (κ3) is 6.28. The molecule has 0 amide bonds. The topological polar surface area (TPSA) is 25.8 Å². The predicted octanol–water partition coefficient (Wildman–Crippen LogP) is 17.8. The molecule has 0 bridgehead atoms. The monoisotopic (exact) mass is 900 g/mol. The molecule has 0 aliphatic heterocycles. The molecule has 1 aliphatic carbocycles. The van der Waals surface area contributed by atoms with Crippen LogP contribution in [0.4, 0.5) is 0 Å². The molecule has 330 valence electrons. The van der Waals surface area contributed by atoms with Gasteiger partial charge in [0.1, 0.15) is 0 Å². The first-order valence-corrected chi connectivity index (χ1v) is 24.5. The summed E-state index contributed by atoms with van der Waals surface area (Å²) in [6.45, 7) is 0. The van der Waals surface area contributed by atoms with E-state index in [9.17, 15) is 0 Å². The Kier molecular flexibility index (Phi) is 9.47. The Bertz CT molecular complexity index is 4160. The molecule has 14 rings (SSSR count). The molecule has 1 aromatic heterocycles. The molecule has 0 unspecified atom stereocenters. The van der Waals surface area contributed by atoms with E-state index >= 15 is 0 Å². The van der Waals surface area contributed by atoms with Crippen molar-refractivity contribution < 1.29 is 0 Å². The maximum atomic E-state index is 5.55. The minimum absolute atomic E-state index is 0.607. The van der Waals surface area contributed by atoms with Gasteiger partial charge in [0, 0.05) is 16.7 Å². The number of rotatable bonds is 7. The molecular weight excluding hydrogens is 857 g/mol. The van der Waals surface area contributed by atoms with Crippen LogP contribution < -0.4 is 0 Å². The number of hydrogen-bond acceptors (Lipinski definition) is 2. The molecule has 12 aromatic carbocycles. The van der Waals surface area contributed by atoms with Gasteiger partial charge < -0.3 is 0 Å². The second-order valence-corrected chi connectivity index (χ2v) is 18.7. The summed E-state index contributed by atoms with van der Waals surface area (Å²) in [5, 5.41) is 9.73. The van der Waals surface area contributed by atoms with Gasteiger partial charge in [0.15, 0.2) is 5.82 Å². The molecule has 0 radical (unpaired) electrons. The average Bonchev–Trinajstić information content (AvgIpc) is 3.77. The van der Waals surface area contributed by atoms with Gasteiger partial charge >= 0.3 is 0 Å². The minimum atomic E-state index is -0.607. The van der Waals surface area contributed by atoms with Crippen LogP contribution >= 0.6 is 0 Å². The number of nitrogens with zero attached hydrogens (tertiary/aromatic N) is 2. The highest BCUT2D eigenvalue weighted by Gasteiger charge is 2.47. The fraction of sp³-hybridized carbons (Fsp3) is 0.0145. The van der Waals surface area contributed by atoms with Crippen molar-refractivity contribution in [3.05, 3.63) is 289 Å². The van der Waals surface area contributed by atoms with Gasteiger partial charge in [-0.1, -0.05) is 261 Å². The maximum Gasteiger partial charge on any atom is 0.160 e. The third-order valence-corrected chi connectivity index (χ3v) is 15.0. The normalized spacial score (nSPS) is 12.6. The summed E-state index contributed by atoms with van der Waals surface area (Å²) in [7, 11) is 0. The van der Waals surface area contributed by atoms with Gasteiger partial charge in [-0.15, -0.1) is 0 Å². The summed E-state index contributed by atoms with van der Waals surface area (Å²) in [4.78, 5) is 11.1. The SMILES string of the molecule is c1ccc(-c2nc(-c3cccc4c3C(c3ccccc3)(c3ccccc3)c3ccccc3-4)cc(-c3ccc(-c4c5ccccc5c(-c5ccccc5)c5c4ccc4ccccc45)c4ccccc34)n2)cc1. The van der Waals surface area contributed by atoms with Gasteiger partial charge in [-0.05, 0) is 105 Å². The highest BCUT2D eigenvalue weighted by molar-refractivity contribution is 6.29. The third-order valence-electron chi connectivity index (χ3n) is 15.0. The van der Waals surface area contributed by atoms with Crippen LogP contribution in [0.5, 0.6) is 0 Å². The summed E-state index contributed by atoms with van der Waals surface area (Å²) < 4.78 is 0. The largest absolute Gasteiger partial charge is 0.228 e. The first kappa shape index (κ1) is 40.8. The number of hydrogen-bond donors (Lipinski definition) is 0. The Morgan fingerprint density at radius 3 is 1.46 bits per heavy atom. The van der Waals surface area contributed by atoms with Crippen molar-refractivity contribution in [1.82, 2.24) is 9.97 Å².